The molecule has 0 aromatic heterocycles. The van der Waals surface area contributed by atoms with Crippen LogP contribution in [0, 0.1) is 13.8 Å². The van der Waals surface area contributed by atoms with Crippen molar-refractivity contribution >= 4 is 16.0 Å². The van der Waals surface area contributed by atoms with Crippen molar-refractivity contribution in [3.63, 3.8) is 0 Å². The molecule has 0 aliphatic carbocycles. The number of sulfonamides is 1. The van der Waals surface area contributed by atoms with E-state index in [1.165, 1.54) is 4.31 Å². The van der Waals surface area contributed by atoms with Gasteiger partial charge in [-0.2, -0.15) is 0 Å². The molecule has 1 aromatic rings. The molecule has 0 saturated carbocycles. The van der Waals surface area contributed by atoms with Gasteiger partial charge in [-0.1, -0.05) is 17.7 Å². The van der Waals surface area contributed by atoms with E-state index >= 15 is 0 Å². The summed E-state index contributed by atoms with van der Waals surface area (Å²) in [6, 6.07) is 5.47. The zero-order valence-corrected chi connectivity index (χ0v) is 14.8. The minimum absolute atomic E-state index is 0.381. The van der Waals surface area contributed by atoms with Gasteiger partial charge in [0.05, 0.1) is 18.0 Å². The molecule has 3 rings (SSSR count). The molecule has 23 heavy (non-hydrogen) atoms. The largest absolute Gasteiger partial charge is 0.339 e. The number of benzene rings is 1. The zero-order valence-electron chi connectivity index (χ0n) is 14.0. The van der Waals surface area contributed by atoms with E-state index in [-0.39, 0.29) is 0 Å². The highest BCUT2D eigenvalue weighted by atomic mass is 32.2. The molecule has 0 amide bonds. The van der Waals surface area contributed by atoms with E-state index < -0.39 is 10.0 Å². The molecule has 6 nitrogen and oxygen atoms in total. The predicted octanol–water partition coefficient (Wildman–Crippen LogP) is 0.911. The van der Waals surface area contributed by atoms with Crippen LogP contribution in [-0.2, 0) is 10.0 Å². The number of aliphatic imine (C=N–C) groups is 1. The molecular formula is C16H24N4O2S. The van der Waals surface area contributed by atoms with Gasteiger partial charge in [-0.05, 0) is 32.5 Å². The smallest absolute Gasteiger partial charge is 0.266 e. The van der Waals surface area contributed by atoms with E-state index in [1.807, 2.05) is 26.0 Å². The van der Waals surface area contributed by atoms with Gasteiger partial charge in [-0.3, -0.25) is 4.99 Å². The number of rotatable bonds is 2. The van der Waals surface area contributed by atoms with Crippen molar-refractivity contribution in [1.29, 1.82) is 0 Å². The van der Waals surface area contributed by atoms with Crippen LogP contribution in [0.1, 0.15) is 11.1 Å². The van der Waals surface area contributed by atoms with Crippen molar-refractivity contribution < 1.29 is 8.42 Å². The van der Waals surface area contributed by atoms with E-state index in [0.29, 0.717) is 23.9 Å². The Morgan fingerprint density at radius 3 is 2.39 bits per heavy atom. The lowest BCUT2D eigenvalue weighted by Gasteiger charge is -2.36. The van der Waals surface area contributed by atoms with Crippen molar-refractivity contribution in [3.05, 3.63) is 29.3 Å². The second-order valence-electron chi connectivity index (χ2n) is 6.32. The summed E-state index contributed by atoms with van der Waals surface area (Å²) in [5.41, 5.74) is 1.85. The summed E-state index contributed by atoms with van der Waals surface area (Å²) in [4.78, 5) is 9.19. The summed E-state index contributed by atoms with van der Waals surface area (Å²) in [5, 5.41) is 0. The molecule has 2 aliphatic rings. The monoisotopic (exact) mass is 336 g/mol. The highest BCUT2D eigenvalue weighted by Crippen LogP contribution is 2.24. The molecule has 0 N–H and O–H groups in total. The van der Waals surface area contributed by atoms with Crippen LogP contribution in [0.3, 0.4) is 0 Å². The fraction of sp³-hybridized carbons (Fsp3) is 0.562. The molecule has 2 heterocycles. The van der Waals surface area contributed by atoms with Gasteiger partial charge in [0.2, 0.25) is 5.96 Å². The second kappa shape index (κ2) is 6.13. The topological polar surface area (TPSA) is 56.2 Å². The quantitative estimate of drug-likeness (QED) is 0.806. The maximum atomic E-state index is 13.1. The van der Waals surface area contributed by atoms with Gasteiger partial charge in [0.1, 0.15) is 0 Å². The van der Waals surface area contributed by atoms with Crippen molar-refractivity contribution in [1.82, 2.24) is 14.1 Å². The predicted molar refractivity (Wildman–Crippen MR) is 91.2 cm³/mol. The van der Waals surface area contributed by atoms with Crippen LogP contribution in [-0.4, -0.2) is 74.8 Å². The molecule has 0 spiro atoms. The third-order valence-electron chi connectivity index (χ3n) is 4.46. The number of aryl methyl sites for hydroxylation is 2. The Bertz CT molecular complexity index is 722. The van der Waals surface area contributed by atoms with E-state index in [1.54, 1.807) is 6.07 Å². The number of likely N-dealkylation sites (N-methyl/N-ethyl adjacent to an activating group) is 1. The summed E-state index contributed by atoms with van der Waals surface area (Å²) >= 11 is 0. The SMILES string of the molecule is Cc1ccc(S(=O)(=O)N2CCN=C2N2CCN(C)CC2)c(C)c1. The number of nitrogens with zero attached hydrogens (tertiary/aromatic N) is 4. The Morgan fingerprint density at radius 1 is 1.04 bits per heavy atom. The lowest BCUT2D eigenvalue weighted by Crippen LogP contribution is -2.52. The Hall–Kier alpha value is -1.60. The lowest BCUT2D eigenvalue weighted by molar-refractivity contribution is 0.208. The fourth-order valence-electron chi connectivity index (χ4n) is 3.12. The fourth-order valence-corrected chi connectivity index (χ4v) is 4.77. The van der Waals surface area contributed by atoms with Gasteiger partial charge in [0.15, 0.2) is 0 Å². The normalized spacial score (nSPS) is 20.0. The van der Waals surface area contributed by atoms with Crippen LogP contribution in [0.15, 0.2) is 28.1 Å². The molecule has 126 valence electrons. The first-order valence-corrected chi connectivity index (χ1v) is 9.41. The number of hydrogen-bond donors (Lipinski definition) is 0. The minimum Gasteiger partial charge on any atom is -0.339 e. The molecule has 1 aromatic carbocycles. The van der Waals surface area contributed by atoms with Crippen molar-refractivity contribution in [3.8, 4) is 0 Å². The third kappa shape index (κ3) is 3.07. The summed E-state index contributed by atoms with van der Waals surface area (Å²) < 4.78 is 27.7. The van der Waals surface area contributed by atoms with Gasteiger partial charge in [-0.15, -0.1) is 0 Å². The molecule has 1 saturated heterocycles. The summed E-state index contributed by atoms with van der Waals surface area (Å²) in [7, 11) is -1.47. The standard InChI is InChI=1S/C16H24N4O2S/c1-13-4-5-15(14(2)12-13)23(21,22)20-7-6-17-16(20)19-10-8-18(3)9-11-19/h4-5,12H,6-11H2,1-3H3. The molecule has 1 fully saturated rings. The molecule has 7 heteroatoms. The molecular weight excluding hydrogens is 312 g/mol. The molecule has 2 aliphatic heterocycles. The highest BCUT2D eigenvalue weighted by Gasteiger charge is 2.35. The number of piperazine rings is 1. The van der Waals surface area contributed by atoms with Crippen LogP contribution in [0.2, 0.25) is 0 Å². The Morgan fingerprint density at radius 2 is 1.74 bits per heavy atom. The van der Waals surface area contributed by atoms with Gasteiger partial charge < -0.3 is 9.80 Å². The summed E-state index contributed by atoms with van der Waals surface area (Å²) in [5.74, 6) is 0.609. The van der Waals surface area contributed by atoms with E-state index in [0.717, 1.165) is 37.3 Å². The Kier molecular flexibility index (Phi) is 4.33. The Balaban J connectivity index is 1.89. The van der Waals surface area contributed by atoms with Gasteiger partial charge >= 0.3 is 0 Å². The van der Waals surface area contributed by atoms with Gasteiger partial charge in [0.25, 0.3) is 10.0 Å². The van der Waals surface area contributed by atoms with Crippen LogP contribution in [0.5, 0.6) is 0 Å². The number of hydrogen-bond acceptors (Lipinski definition) is 5. The molecule has 0 radical (unpaired) electrons. The van der Waals surface area contributed by atoms with Crippen LogP contribution >= 0.6 is 0 Å². The van der Waals surface area contributed by atoms with E-state index in [9.17, 15) is 8.42 Å². The maximum Gasteiger partial charge on any atom is 0.266 e. The van der Waals surface area contributed by atoms with Gasteiger partial charge in [-0.25, -0.2) is 12.7 Å². The van der Waals surface area contributed by atoms with Crippen LogP contribution in [0.25, 0.3) is 0 Å². The molecule has 0 atom stereocenters. The first-order valence-electron chi connectivity index (χ1n) is 7.97. The first kappa shape index (κ1) is 16.3. The summed E-state index contributed by atoms with van der Waals surface area (Å²) in [6.45, 7) is 8.26. The number of guanidine groups is 1. The van der Waals surface area contributed by atoms with Gasteiger partial charge in [0, 0.05) is 26.2 Å². The third-order valence-corrected chi connectivity index (χ3v) is 6.40. The van der Waals surface area contributed by atoms with E-state index in [4.69, 9.17) is 0 Å². The second-order valence-corrected chi connectivity index (χ2v) is 8.15. The van der Waals surface area contributed by atoms with Crippen LogP contribution < -0.4 is 0 Å². The summed E-state index contributed by atoms with van der Waals surface area (Å²) in [6.07, 6.45) is 0. The minimum atomic E-state index is -3.55. The zero-order chi connectivity index (χ0) is 16.6. The molecule has 0 unspecified atom stereocenters. The van der Waals surface area contributed by atoms with Crippen molar-refractivity contribution in [2.45, 2.75) is 18.7 Å². The molecule has 0 bridgehead atoms. The van der Waals surface area contributed by atoms with Crippen molar-refractivity contribution in [2.75, 3.05) is 46.3 Å². The highest BCUT2D eigenvalue weighted by molar-refractivity contribution is 7.89. The average molecular weight is 336 g/mol. The first-order chi connectivity index (χ1) is 10.9. The van der Waals surface area contributed by atoms with Crippen LogP contribution in [0.4, 0.5) is 0 Å². The Labute approximate surface area is 138 Å². The maximum absolute atomic E-state index is 13.1. The lowest BCUT2D eigenvalue weighted by atomic mass is 10.2. The average Bonchev–Trinajstić information content (AvgIpc) is 2.98. The van der Waals surface area contributed by atoms with Crippen molar-refractivity contribution in [2.24, 2.45) is 4.99 Å². The van der Waals surface area contributed by atoms with E-state index in [2.05, 4.69) is 21.8 Å².